The lowest BCUT2D eigenvalue weighted by molar-refractivity contribution is -0.145. The van der Waals surface area contributed by atoms with Gasteiger partial charge in [0, 0.05) is 6.42 Å². The Balaban J connectivity index is 3.91. The zero-order chi connectivity index (χ0) is 8.69. The zero-order valence-corrected chi connectivity index (χ0v) is 7.31. The molecule has 0 saturated carbocycles. The summed E-state index contributed by atoms with van der Waals surface area (Å²) in [4.78, 5) is 11.0. The number of hydrogen-bond donors (Lipinski definition) is 0. The van der Waals surface area contributed by atoms with Gasteiger partial charge in [-0.2, -0.15) is 0 Å². The first kappa shape index (κ1) is 10.0. The van der Waals surface area contributed by atoms with Gasteiger partial charge in [0.25, 0.3) is 0 Å². The van der Waals surface area contributed by atoms with Crippen molar-refractivity contribution in [2.24, 2.45) is 5.92 Å². The summed E-state index contributed by atoms with van der Waals surface area (Å²) in [7, 11) is 1.41. The Hall–Kier alpha value is -0.970. The lowest BCUT2D eigenvalue weighted by Gasteiger charge is -2.07. The third-order valence-corrected chi connectivity index (χ3v) is 1.55. The molecule has 11 heavy (non-hydrogen) atoms. The highest BCUT2D eigenvalue weighted by Crippen LogP contribution is 2.08. The first-order valence-corrected chi connectivity index (χ1v) is 3.73. The highest BCUT2D eigenvalue weighted by atomic mass is 16.5. The van der Waals surface area contributed by atoms with Crippen molar-refractivity contribution >= 4 is 5.97 Å². The van der Waals surface area contributed by atoms with Crippen LogP contribution in [0.4, 0.5) is 0 Å². The molecule has 1 unspecified atom stereocenters. The molecule has 0 aromatic rings. The molecule has 0 N–H and O–H groups in total. The molecule has 0 heterocycles. The molecule has 0 saturated heterocycles. The van der Waals surface area contributed by atoms with Crippen LogP contribution in [0.2, 0.25) is 0 Å². The standard InChI is InChI=1S/C9H14O2/c1-4-6-7-8(5-2)9(10)11-3/h8H,5,7H2,1-3H3. The van der Waals surface area contributed by atoms with E-state index in [9.17, 15) is 4.79 Å². The maximum atomic E-state index is 11.0. The number of carbonyl (C=O) groups is 1. The van der Waals surface area contributed by atoms with Crippen molar-refractivity contribution < 1.29 is 9.53 Å². The Morgan fingerprint density at radius 2 is 2.27 bits per heavy atom. The maximum Gasteiger partial charge on any atom is 0.309 e. The zero-order valence-electron chi connectivity index (χ0n) is 7.31. The van der Waals surface area contributed by atoms with E-state index < -0.39 is 0 Å². The summed E-state index contributed by atoms with van der Waals surface area (Å²) in [5.41, 5.74) is 0. The van der Waals surface area contributed by atoms with Crippen LogP contribution in [0.5, 0.6) is 0 Å². The minimum absolute atomic E-state index is 0.0487. The molecule has 0 spiro atoms. The molecule has 62 valence electrons. The summed E-state index contributed by atoms with van der Waals surface area (Å²) in [6.45, 7) is 3.73. The predicted octanol–water partition coefficient (Wildman–Crippen LogP) is 1.60. The molecule has 0 aliphatic carbocycles. The van der Waals surface area contributed by atoms with Crippen molar-refractivity contribution in [3.8, 4) is 11.8 Å². The summed E-state index contributed by atoms with van der Waals surface area (Å²) in [6.07, 6.45) is 1.40. The first-order valence-electron chi connectivity index (χ1n) is 3.73. The minimum Gasteiger partial charge on any atom is -0.469 e. The van der Waals surface area contributed by atoms with Gasteiger partial charge < -0.3 is 4.74 Å². The summed E-state index contributed by atoms with van der Waals surface area (Å²) in [6, 6.07) is 0. The summed E-state index contributed by atoms with van der Waals surface area (Å²) < 4.78 is 4.59. The molecule has 0 aromatic carbocycles. The molecule has 0 amide bonds. The fraction of sp³-hybridized carbons (Fsp3) is 0.667. The quantitative estimate of drug-likeness (QED) is 0.456. The monoisotopic (exact) mass is 154 g/mol. The van der Waals surface area contributed by atoms with Crippen LogP contribution in [-0.2, 0) is 9.53 Å². The van der Waals surface area contributed by atoms with Crippen molar-refractivity contribution in [2.75, 3.05) is 7.11 Å². The van der Waals surface area contributed by atoms with Gasteiger partial charge in [0.1, 0.15) is 0 Å². The second kappa shape index (κ2) is 5.79. The van der Waals surface area contributed by atoms with Crippen LogP contribution < -0.4 is 0 Å². The minimum atomic E-state index is -0.157. The molecule has 0 rings (SSSR count). The van der Waals surface area contributed by atoms with Crippen molar-refractivity contribution in [3.63, 3.8) is 0 Å². The van der Waals surface area contributed by atoms with Gasteiger partial charge >= 0.3 is 5.97 Å². The Bertz CT molecular complexity index is 174. The van der Waals surface area contributed by atoms with Crippen LogP contribution in [0.15, 0.2) is 0 Å². The largest absolute Gasteiger partial charge is 0.469 e. The van der Waals surface area contributed by atoms with E-state index in [-0.39, 0.29) is 11.9 Å². The van der Waals surface area contributed by atoms with Crippen LogP contribution in [0.25, 0.3) is 0 Å². The third kappa shape index (κ3) is 3.67. The fourth-order valence-electron chi connectivity index (χ4n) is 0.786. The van der Waals surface area contributed by atoms with Crippen LogP contribution in [0, 0.1) is 17.8 Å². The van der Waals surface area contributed by atoms with Gasteiger partial charge in [0.15, 0.2) is 0 Å². The average molecular weight is 154 g/mol. The Morgan fingerprint density at radius 3 is 2.64 bits per heavy atom. The molecule has 2 heteroatoms. The number of rotatable bonds is 3. The summed E-state index contributed by atoms with van der Waals surface area (Å²) >= 11 is 0. The molecule has 0 aliphatic rings. The normalized spacial score (nSPS) is 11.2. The van der Waals surface area contributed by atoms with E-state index in [1.54, 1.807) is 6.92 Å². The molecule has 0 aliphatic heterocycles. The molecule has 0 fully saturated rings. The Labute approximate surface area is 67.9 Å². The van der Waals surface area contributed by atoms with E-state index in [4.69, 9.17) is 0 Å². The van der Waals surface area contributed by atoms with Gasteiger partial charge in [-0.1, -0.05) is 6.92 Å². The Morgan fingerprint density at radius 1 is 1.64 bits per heavy atom. The molecule has 2 nitrogen and oxygen atoms in total. The van der Waals surface area contributed by atoms with Crippen LogP contribution >= 0.6 is 0 Å². The second-order valence-corrected chi connectivity index (χ2v) is 2.26. The summed E-state index contributed by atoms with van der Waals surface area (Å²) in [5, 5.41) is 0. The molecular weight excluding hydrogens is 140 g/mol. The Kier molecular flexibility index (Phi) is 5.28. The SMILES string of the molecule is CC#CCC(CC)C(=O)OC. The third-order valence-electron chi connectivity index (χ3n) is 1.55. The van der Waals surface area contributed by atoms with E-state index in [0.717, 1.165) is 6.42 Å². The van der Waals surface area contributed by atoms with Gasteiger partial charge in [0.2, 0.25) is 0 Å². The van der Waals surface area contributed by atoms with Gasteiger partial charge in [-0.3, -0.25) is 4.79 Å². The predicted molar refractivity (Wildman–Crippen MR) is 43.9 cm³/mol. The lowest BCUT2D eigenvalue weighted by atomic mass is 10.0. The van der Waals surface area contributed by atoms with E-state index in [1.165, 1.54) is 7.11 Å². The highest BCUT2D eigenvalue weighted by Gasteiger charge is 2.14. The lowest BCUT2D eigenvalue weighted by Crippen LogP contribution is -2.14. The maximum absolute atomic E-state index is 11.0. The number of ether oxygens (including phenoxy) is 1. The second-order valence-electron chi connectivity index (χ2n) is 2.26. The van der Waals surface area contributed by atoms with Crippen LogP contribution in [0.3, 0.4) is 0 Å². The average Bonchev–Trinajstić information content (AvgIpc) is 2.05. The number of hydrogen-bond acceptors (Lipinski definition) is 2. The fourth-order valence-corrected chi connectivity index (χ4v) is 0.786. The number of methoxy groups -OCH3 is 1. The van der Waals surface area contributed by atoms with Gasteiger partial charge in [-0.15, -0.1) is 11.8 Å². The van der Waals surface area contributed by atoms with Gasteiger partial charge in [-0.25, -0.2) is 0 Å². The van der Waals surface area contributed by atoms with Gasteiger partial charge in [0.05, 0.1) is 13.0 Å². The van der Waals surface area contributed by atoms with Crippen molar-refractivity contribution in [2.45, 2.75) is 26.7 Å². The van der Waals surface area contributed by atoms with Crippen molar-refractivity contribution in [1.82, 2.24) is 0 Å². The molecule has 1 atom stereocenters. The van der Waals surface area contributed by atoms with Gasteiger partial charge in [-0.05, 0) is 13.3 Å². The van der Waals surface area contributed by atoms with Crippen LogP contribution in [0.1, 0.15) is 26.7 Å². The molecule has 0 aromatic heterocycles. The van der Waals surface area contributed by atoms with E-state index >= 15 is 0 Å². The first-order chi connectivity index (χ1) is 5.26. The summed E-state index contributed by atoms with van der Waals surface area (Å²) in [5.74, 6) is 5.41. The molecule has 0 bridgehead atoms. The highest BCUT2D eigenvalue weighted by molar-refractivity contribution is 5.72. The smallest absolute Gasteiger partial charge is 0.309 e. The van der Waals surface area contributed by atoms with Crippen molar-refractivity contribution in [3.05, 3.63) is 0 Å². The van der Waals surface area contributed by atoms with Crippen LogP contribution in [-0.4, -0.2) is 13.1 Å². The molecular formula is C9H14O2. The number of esters is 1. The van der Waals surface area contributed by atoms with Crippen molar-refractivity contribution in [1.29, 1.82) is 0 Å². The molecule has 0 radical (unpaired) electrons. The van der Waals surface area contributed by atoms with E-state index in [0.29, 0.717) is 6.42 Å². The van der Waals surface area contributed by atoms with E-state index in [2.05, 4.69) is 16.6 Å². The van der Waals surface area contributed by atoms with E-state index in [1.807, 2.05) is 6.92 Å². The number of carbonyl (C=O) groups excluding carboxylic acids is 1. The topological polar surface area (TPSA) is 26.3 Å².